The molecule has 6 rings (SSSR count). The van der Waals surface area contributed by atoms with Crippen LogP contribution in [0.1, 0.15) is 52.4 Å². The van der Waals surface area contributed by atoms with Gasteiger partial charge in [-0.25, -0.2) is 10.3 Å². The zero-order chi connectivity index (χ0) is 20.4. The van der Waals surface area contributed by atoms with Crippen LogP contribution in [-0.4, -0.2) is 58.7 Å². The monoisotopic (exact) mass is 402 g/mol. The molecule has 1 unspecified atom stereocenters. The fraction of sp³-hybridized carbons (Fsp3) is 0.818. The van der Waals surface area contributed by atoms with Crippen LogP contribution >= 0.6 is 0 Å². The molecule has 6 aliphatic rings. The summed E-state index contributed by atoms with van der Waals surface area (Å²) in [7, 11) is 0. The zero-order valence-corrected chi connectivity index (χ0v) is 17.6. The summed E-state index contributed by atoms with van der Waals surface area (Å²) in [5.74, 6) is 1.65. The second kappa shape index (κ2) is 6.62. The van der Waals surface area contributed by atoms with Crippen molar-refractivity contribution >= 4 is 11.9 Å². The molecular formula is C22H34N4O3. The lowest BCUT2D eigenvalue weighted by molar-refractivity contribution is -0.131. The summed E-state index contributed by atoms with van der Waals surface area (Å²) in [4.78, 5) is 29.5. The fourth-order valence-electron chi connectivity index (χ4n) is 7.35. The molecule has 2 aliphatic heterocycles. The summed E-state index contributed by atoms with van der Waals surface area (Å²) in [6.07, 6.45) is 9.45. The number of amides is 3. The highest BCUT2D eigenvalue weighted by Gasteiger charge is 2.52. The molecule has 1 atom stereocenters. The van der Waals surface area contributed by atoms with E-state index >= 15 is 0 Å². The number of hydrogen-bond acceptors (Lipinski definition) is 4. The van der Waals surface area contributed by atoms with Gasteiger partial charge in [-0.15, -0.1) is 0 Å². The van der Waals surface area contributed by atoms with Crippen LogP contribution in [0.5, 0.6) is 0 Å². The van der Waals surface area contributed by atoms with Gasteiger partial charge < -0.3 is 15.1 Å². The molecule has 7 heteroatoms. The maximum absolute atomic E-state index is 13.4. The molecule has 3 amide bonds. The van der Waals surface area contributed by atoms with Gasteiger partial charge in [0.2, 0.25) is 0 Å². The van der Waals surface area contributed by atoms with E-state index in [4.69, 9.17) is 5.21 Å². The number of urea groups is 1. The summed E-state index contributed by atoms with van der Waals surface area (Å²) in [5.41, 5.74) is 2.72. The van der Waals surface area contributed by atoms with E-state index < -0.39 is 0 Å². The van der Waals surface area contributed by atoms with Crippen LogP contribution in [0, 0.1) is 29.1 Å². The first-order valence-electron chi connectivity index (χ1n) is 11.2. The quantitative estimate of drug-likeness (QED) is 0.489. The van der Waals surface area contributed by atoms with Crippen LogP contribution in [-0.2, 0) is 4.79 Å². The predicted molar refractivity (Wildman–Crippen MR) is 108 cm³/mol. The number of hydrogen-bond donors (Lipinski definition) is 3. The van der Waals surface area contributed by atoms with E-state index in [1.165, 1.54) is 19.3 Å². The molecule has 4 bridgehead atoms. The lowest BCUT2D eigenvalue weighted by Crippen LogP contribution is -2.62. The van der Waals surface area contributed by atoms with Crippen molar-refractivity contribution in [3.05, 3.63) is 11.8 Å². The second-order valence-electron chi connectivity index (χ2n) is 11.3. The first-order chi connectivity index (χ1) is 13.7. The van der Waals surface area contributed by atoms with Gasteiger partial charge >= 0.3 is 6.03 Å². The van der Waals surface area contributed by atoms with Gasteiger partial charge in [-0.1, -0.05) is 13.8 Å². The summed E-state index contributed by atoms with van der Waals surface area (Å²) in [6.45, 7) is 6.96. The van der Waals surface area contributed by atoms with Crippen LogP contribution in [0.4, 0.5) is 4.79 Å². The Balaban J connectivity index is 1.33. The number of hydroxylamine groups is 1. The van der Waals surface area contributed by atoms with Crippen molar-refractivity contribution in [2.24, 2.45) is 29.1 Å². The summed E-state index contributed by atoms with van der Waals surface area (Å²) in [5, 5.41) is 12.5. The molecule has 160 valence electrons. The highest BCUT2D eigenvalue weighted by Crippen LogP contribution is 2.55. The van der Waals surface area contributed by atoms with Crippen molar-refractivity contribution in [2.45, 2.75) is 57.9 Å². The maximum atomic E-state index is 13.4. The highest BCUT2D eigenvalue weighted by molar-refractivity contribution is 5.80. The van der Waals surface area contributed by atoms with Crippen LogP contribution in [0.2, 0.25) is 0 Å². The molecule has 29 heavy (non-hydrogen) atoms. The summed E-state index contributed by atoms with van der Waals surface area (Å²) >= 11 is 0. The Hall–Kier alpha value is -1.76. The van der Waals surface area contributed by atoms with Crippen molar-refractivity contribution in [1.29, 1.82) is 0 Å². The van der Waals surface area contributed by atoms with Crippen molar-refractivity contribution < 1.29 is 14.8 Å². The van der Waals surface area contributed by atoms with Gasteiger partial charge in [-0.2, -0.15) is 0 Å². The van der Waals surface area contributed by atoms with Gasteiger partial charge in [-0.05, 0) is 67.8 Å². The molecule has 7 nitrogen and oxygen atoms in total. The Bertz CT molecular complexity index is 711. The van der Waals surface area contributed by atoms with Crippen molar-refractivity contribution in [1.82, 2.24) is 20.6 Å². The minimum Gasteiger partial charge on any atom is -0.372 e. The first-order valence-corrected chi connectivity index (χ1v) is 11.2. The Morgan fingerprint density at radius 3 is 2.28 bits per heavy atom. The molecule has 2 heterocycles. The van der Waals surface area contributed by atoms with Gasteiger partial charge in [0, 0.05) is 30.9 Å². The van der Waals surface area contributed by atoms with E-state index in [2.05, 4.69) is 24.1 Å². The molecule has 5 fully saturated rings. The average molecular weight is 403 g/mol. The van der Waals surface area contributed by atoms with Crippen molar-refractivity contribution in [3.8, 4) is 0 Å². The maximum Gasteiger partial charge on any atom is 0.318 e. The SMILES string of the molecule is CC1(C)CN(C(=O)NC23CC4CC(CC(C4)C2)C3)CC2=CC(C(=O)NO)CN2C1. The smallest absolute Gasteiger partial charge is 0.318 e. The molecule has 0 aromatic heterocycles. The van der Waals surface area contributed by atoms with Gasteiger partial charge in [0.25, 0.3) is 5.91 Å². The average Bonchev–Trinajstić information content (AvgIpc) is 2.94. The molecule has 0 radical (unpaired) electrons. The Kier molecular flexibility index (Phi) is 4.39. The lowest BCUT2D eigenvalue weighted by atomic mass is 9.53. The normalized spacial score (nSPS) is 39.6. The van der Waals surface area contributed by atoms with E-state index in [-0.39, 0.29) is 28.8 Å². The lowest BCUT2D eigenvalue weighted by Gasteiger charge is -2.57. The van der Waals surface area contributed by atoms with Gasteiger partial charge in [0.15, 0.2) is 0 Å². The number of nitrogens with zero attached hydrogens (tertiary/aromatic N) is 2. The Labute approximate surface area is 172 Å². The van der Waals surface area contributed by atoms with Crippen LogP contribution < -0.4 is 10.8 Å². The molecule has 0 spiro atoms. The Morgan fingerprint density at radius 1 is 1.07 bits per heavy atom. The van der Waals surface area contributed by atoms with Crippen molar-refractivity contribution in [3.63, 3.8) is 0 Å². The summed E-state index contributed by atoms with van der Waals surface area (Å²) in [6, 6.07) is 0.0536. The van der Waals surface area contributed by atoms with Crippen LogP contribution in [0.3, 0.4) is 0 Å². The second-order valence-corrected chi connectivity index (χ2v) is 11.3. The molecule has 3 N–H and O–H groups in total. The number of fused-ring (bicyclic) bond motifs is 1. The van der Waals surface area contributed by atoms with Gasteiger partial charge in [0.05, 0.1) is 12.5 Å². The Morgan fingerprint density at radius 2 is 1.69 bits per heavy atom. The van der Waals surface area contributed by atoms with E-state index in [9.17, 15) is 9.59 Å². The van der Waals surface area contributed by atoms with Gasteiger partial charge in [0.1, 0.15) is 0 Å². The third-order valence-corrected chi connectivity index (χ3v) is 7.95. The molecule has 0 aromatic carbocycles. The zero-order valence-electron chi connectivity index (χ0n) is 17.6. The number of rotatable bonds is 2. The molecule has 4 saturated carbocycles. The van der Waals surface area contributed by atoms with Gasteiger partial charge in [-0.3, -0.25) is 10.0 Å². The van der Waals surface area contributed by atoms with E-state index in [1.807, 2.05) is 11.0 Å². The third-order valence-electron chi connectivity index (χ3n) is 7.95. The molecule has 0 aromatic rings. The third kappa shape index (κ3) is 3.51. The topological polar surface area (TPSA) is 84.9 Å². The van der Waals surface area contributed by atoms with Crippen LogP contribution in [0.15, 0.2) is 11.8 Å². The minimum absolute atomic E-state index is 0.00529. The van der Waals surface area contributed by atoms with E-state index in [0.29, 0.717) is 19.6 Å². The fourth-order valence-corrected chi connectivity index (χ4v) is 7.35. The van der Waals surface area contributed by atoms with E-state index in [1.54, 1.807) is 5.48 Å². The largest absolute Gasteiger partial charge is 0.372 e. The standard InChI is InChI=1S/C22H34N4O3/c1-21(2)12-25-10-17(19(27)24-29)6-18(25)11-26(13-21)20(28)23-22-7-14-3-15(8-22)5-16(4-14)9-22/h6,14-17,29H,3-5,7-13H2,1-2H3,(H,23,28)(H,24,27). The number of nitrogens with one attached hydrogen (secondary N) is 2. The molecule has 4 aliphatic carbocycles. The highest BCUT2D eigenvalue weighted by atomic mass is 16.5. The minimum atomic E-state index is -0.382. The predicted octanol–water partition coefficient (Wildman–Crippen LogP) is 2.33. The van der Waals surface area contributed by atoms with Crippen molar-refractivity contribution in [2.75, 3.05) is 26.2 Å². The number of carbonyl (C=O) groups is 2. The molecule has 1 saturated heterocycles. The van der Waals surface area contributed by atoms with Crippen LogP contribution in [0.25, 0.3) is 0 Å². The van der Waals surface area contributed by atoms with E-state index in [0.717, 1.165) is 49.3 Å². The number of carbonyl (C=O) groups excluding carboxylic acids is 2. The first kappa shape index (κ1) is 19.2. The molecular weight excluding hydrogens is 368 g/mol. The summed E-state index contributed by atoms with van der Waals surface area (Å²) < 4.78 is 0.